The molecule has 2 unspecified atom stereocenters. The second kappa shape index (κ2) is 9.56. The Balaban J connectivity index is 1.23. The second-order valence-corrected chi connectivity index (χ2v) is 11.3. The SMILES string of the molecule is CC1(c2cncc(C(=O)O)c2)CC1c1ccc(OCc2c(-c3c(Cl)cncc3Cl)noc2C2CC2)cc1Cl. The van der Waals surface area contributed by atoms with Gasteiger partial charge in [0.2, 0.25) is 0 Å². The third kappa shape index (κ3) is 4.53. The van der Waals surface area contributed by atoms with Gasteiger partial charge in [-0.2, -0.15) is 0 Å². The number of hydrogen-bond acceptors (Lipinski definition) is 6. The molecule has 6 rings (SSSR count). The summed E-state index contributed by atoms with van der Waals surface area (Å²) in [5.41, 5.74) is 3.75. The third-order valence-electron chi connectivity index (χ3n) is 7.47. The molecule has 4 aromatic rings. The summed E-state index contributed by atoms with van der Waals surface area (Å²) in [6, 6.07) is 7.35. The van der Waals surface area contributed by atoms with Crippen molar-refractivity contribution in [1.82, 2.24) is 15.1 Å². The van der Waals surface area contributed by atoms with Crippen LogP contribution in [0.2, 0.25) is 15.1 Å². The smallest absolute Gasteiger partial charge is 0.337 e. The average Bonchev–Trinajstić information content (AvgIpc) is 3.81. The van der Waals surface area contributed by atoms with Gasteiger partial charge in [0.25, 0.3) is 0 Å². The molecule has 1 aromatic carbocycles. The van der Waals surface area contributed by atoms with E-state index in [9.17, 15) is 9.90 Å². The molecule has 2 fully saturated rings. The lowest BCUT2D eigenvalue weighted by atomic mass is 9.93. The quantitative estimate of drug-likeness (QED) is 0.232. The Bertz CT molecular complexity index is 1550. The molecule has 3 heterocycles. The number of ether oxygens (including phenoxy) is 1. The van der Waals surface area contributed by atoms with Crippen molar-refractivity contribution < 1.29 is 19.2 Å². The molecule has 0 aliphatic heterocycles. The monoisotopic (exact) mass is 569 g/mol. The Morgan fingerprint density at radius 1 is 1.08 bits per heavy atom. The number of halogens is 3. The predicted octanol–water partition coefficient (Wildman–Crippen LogP) is 7.69. The van der Waals surface area contributed by atoms with Gasteiger partial charge in [0.05, 0.1) is 21.2 Å². The first-order chi connectivity index (χ1) is 18.3. The highest BCUT2D eigenvalue weighted by molar-refractivity contribution is 6.38. The van der Waals surface area contributed by atoms with Gasteiger partial charge in [-0.15, -0.1) is 0 Å². The van der Waals surface area contributed by atoms with Gasteiger partial charge in [0.15, 0.2) is 0 Å². The number of rotatable bonds is 8. The Hall–Kier alpha value is -3.13. The summed E-state index contributed by atoms with van der Waals surface area (Å²) in [5, 5.41) is 15.0. The number of carbonyl (C=O) groups is 1. The van der Waals surface area contributed by atoms with Gasteiger partial charge in [-0.25, -0.2) is 4.79 Å². The fourth-order valence-corrected chi connectivity index (χ4v) is 5.85. The molecule has 2 saturated carbocycles. The largest absolute Gasteiger partial charge is 0.489 e. The topological polar surface area (TPSA) is 98.3 Å². The molecule has 2 aliphatic rings. The molecule has 0 amide bonds. The van der Waals surface area contributed by atoms with Crippen molar-refractivity contribution in [3.63, 3.8) is 0 Å². The highest BCUT2D eigenvalue weighted by atomic mass is 35.5. The number of carboxylic acids is 1. The van der Waals surface area contributed by atoms with Gasteiger partial charge in [0, 0.05) is 46.7 Å². The summed E-state index contributed by atoms with van der Waals surface area (Å²) < 4.78 is 11.9. The van der Waals surface area contributed by atoms with Crippen LogP contribution in [0.3, 0.4) is 0 Å². The number of nitrogens with zero attached hydrogens (tertiary/aromatic N) is 3. The van der Waals surface area contributed by atoms with Crippen molar-refractivity contribution in [2.75, 3.05) is 0 Å². The Morgan fingerprint density at radius 3 is 2.50 bits per heavy atom. The third-order valence-corrected chi connectivity index (χ3v) is 8.37. The van der Waals surface area contributed by atoms with Crippen molar-refractivity contribution in [3.8, 4) is 17.0 Å². The van der Waals surface area contributed by atoms with E-state index < -0.39 is 5.97 Å². The summed E-state index contributed by atoms with van der Waals surface area (Å²) in [5.74, 6) is 0.863. The molecule has 0 bridgehead atoms. The van der Waals surface area contributed by atoms with Crippen LogP contribution in [0, 0.1) is 0 Å². The summed E-state index contributed by atoms with van der Waals surface area (Å²) in [4.78, 5) is 19.5. The molecule has 2 atom stereocenters. The van der Waals surface area contributed by atoms with Crippen molar-refractivity contribution >= 4 is 40.8 Å². The maximum atomic E-state index is 11.4. The van der Waals surface area contributed by atoms with E-state index in [0.29, 0.717) is 38.0 Å². The lowest BCUT2D eigenvalue weighted by Crippen LogP contribution is -2.07. The summed E-state index contributed by atoms with van der Waals surface area (Å²) >= 11 is 19.5. The molecule has 0 spiro atoms. The van der Waals surface area contributed by atoms with Crippen molar-refractivity contribution in [1.29, 1.82) is 0 Å². The number of benzene rings is 1. The van der Waals surface area contributed by atoms with Gasteiger partial charge in [-0.3, -0.25) is 9.97 Å². The van der Waals surface area contributed by atoms with Crippen LogP contribution in [0.15, 0.2) is 53.6 Å². The van der Waals surface area contributed by atoms with Crippen molar-refractivity contribution in [3.05, 3.63) is 92.1 Å². The van der Waals surface area contributed by atoms with Crippen LogP contribution in [0.4, 0.5) is 0 Å². The Labute approximate surface area is 233 Å². The maximum Gasteiger partial charge on any atom is 0.337 e. The zero-order chi connectivity index (χ0) is 26.6. The average molecular weight is 571 g/mol. The first kappa shape index (κ1) is 25.2. The van der Waals surface area contributed by atoms with E-state index in [-0.39, 0.29) is 23.5 Å². The highest BCUT2D eigenvalue weighted by Crippen LogP contribution is 2.61. The van der Waals surface area contributed by atoms with Gasteiger partial charge >= 0.3 is 5.97 Å². The Kier molecular flexibility index (Phi) is 6.33. The fraction of sp³-hybridized carbons (Fsp3) is 0.286. The molecule has 2 aliphatic carbocycles. The first-order valence-corrected chi connectivity index (χ1v) is 13.3. The molecular weight excluding hydrogens is 549 g/mol. The summed E-state index contributed by atoms with van der Waals surface area (Å²) in [6.07, 6.45) is 9.05. The van der Waals surface area contributed by atoms with Crippen LogP contribution in [-0.4, -0.2) is 26.2 Å². The maximum absolute atomic E-state index is 11.4. The minimum atomic E-state index is -0.992. The second-order valence-electron chi connectivity index (χ2n) is 10.0. The van der Waals surface area contributed by atoms with Gasteiger partial charge in [-0.1, -0.05) is 52.9 Å². The van der Waals surface area contributed by atoms with E-state index in [0.717, 1.165) is 41.7 Å². The lowest BCUT2D eigenvalue weighted by Gasteiger charge is -2.14. The first-order valence-electron chi connectivity index (χ1n) is 12.1. The Morgan fingerprint density at radius 2 is 1.82 bits per heavy atom. The predicted molar refractivity (Wildman–Crippen MR) is 143 cm³/mol. The van der Waals surface area contributed by atoms with E-state index >= 15 is 0 Å². The van der Waals surface area contributed by atoms with Crippen LogP contribution in [0.5, 0.6) is 5.75 Å². The van der Waals surface area contributed by atoms with E-state index in [4.69, 9.17) is 44.1 Å². The van der Waals surface area contributed by atoms with E-state index in [1.807, 2.05) is 12.1 Å². The minimum Gasteiger partial charge on any atom is -0.489 e. The van der Waals surface area contributed by atoms with Crippen LogP contribution in [-0.2, 0) is 12.0 Å². The van der Waals surface area contributed by atoms with Crippen LogP contribution < -0.4 is 4.74 Å². The standard InChI is InChI=1S/C28H22Cl3N3O4/c1-28(16-6-15(27(35)36)9-32-10-16)8-20(28)18-5-4-17(7-21(18)29)37-13-19-25(34-38-26(19)14-2-3-14)24-22(30)11-33-12-23(24)31/h4-7,9-12,14,20H,2-3,8,13H2,1H3,(H,35,36). The number of pyridine rings is 2. The van der Waals surface area contributed by atoms with Gasteiger partial charge < -0.3 is 14.4 Å². The van der Waals surface area contributed by atoms with E-state index in [1.54, 1.807) is 18.3 Å². The van der Waals surface area contributed by atoms with Crippen molar-refractivity contribution in [2.45, 2.75) is 50.0 Å². The number of carboxylic acid groups (broad SMARTS) is 1. The number of aromatic nitrogens is 3. The van der Waals surface area contributed by atoms with Crippen molar-refractivity contribution in [2.24, 2.45) is 0 Å². The summed E-state index contributed by atoms with van der Waals surface area (Å²) in [7, 11) is 0. The molecule has 10 heteroatoms. The fourth-order valence-electron chi connectivity index (χ4n) is 5.00. The lowest BCUT2D eigenvalue weighted by molar-refractivity contribution is 0.0696. The molecule has 3 aromatic heterocycles. The molecule has 38 heavy (non-hydrogen) atoms. The van der Waals surface area contributed by atoms with Gasteiger partial charge in [0.1, 0.15) is 23.8 Å². The van der Waals surface area contributed by atoms with Crippen LogP contribution in [0.1, 0.15) is 70.8 Å². The number of hydrogen-bond donors (Lipinski definition) is 1. The van der Waals surface area contributed by atoms with Crippen LogP contribution in [0.25, 0.3) is 11.3 Å². The van der Waals surface area contributed by atoms with E-state index in [2.05, 4.69) is 22.0 Å². The number of aromatic carboxylic acids is 1. The van der Waals surface area contributed by atoms with E-state index in [1.165, 1.54) is 18.6 Å². The minimum absolute atomic E-state index is 0.150. The normalized spacial score (nSPS) is 20.4. The molecular formula is C28H22Cl3N3O4. The molecule has 0 radical (unpaired) electrons. The highest BCUT2D eigenvalue weighted by Gasteiger charge is 2.53. The summed E-state index contributed by atoms with van der Waals surface area (Å²) in [6.45, 7) is 2.31. The molecule has 1 N–H and O–H groups in total. The molecule has 194 valence electrons. The molecule has 0 saturated heterocycles. The zero-order valence-corrected chi connectivity index (χ0v) is 22.5. The van der Waals surface area contributed by atoms with Gasteiger partial charge in [-0.05, 0) is 54.5 Å². The zero-order valence-electron chi connectivity index (χ0n) is 20.2. The molecule has 7 nitrogen and oxygen atoms in total. The van der Waals surface area contributed by atoms with Crippen LogP contribution >= 0.6 is 34.8 Å².